The van der Waals surface area contributed by atoms with Crippen molar-refractivity contribution in [3.05, 3.63) is 53.1 Å². The minimum absolute atomic E-state index is 0.0258. The third-order valence-electron chi connectivity index (χ3n) is 6.20. The lowest BCUT2D eigenvalue weighted by molar-refractivity contribution is 0.00504. The third kappa shape index (κ3) is 4.82. The molecular formula is C26H31N5O3. The van der Waals surface area contributed by atoms with Gasteiger partial charge in [-0.2, -0.15) is 10.2 Å². The zero-order chi connectivity index (χ0) is 24.4. The molecule has 1 N–H and O–H groups in total. The average Bonchev–Trinajstić information content (AvgIpc) is 3.46. The minimum Gasteiger partial charge on any atom is -0.490 e. The van der Waals surface area contributed by atoms with Gasteiger partial charge in [-0.3, -0.25) is 9.80 Å². The van der Waals surface area contributed by atoms with Crippen molar-refractivity contribution >= 4 is 0 Å². The number of hydrogen-bond donors (Lipinski definition) is 1. The first-order chi connectivity index (χ1) is 16.3. The van der Waals surface area contributed by atoms with Gasteiger partial charge in [-0.05, 0) is 77.2 Å². The number of aromatic nitrogens is 2. The molecule has 2 atom stereocenters. The van der Waals surface area contributed by atoms with Crippen molar-refractivity contribution < 1.29 is 14.4 Å². The maximum Gasteiger partial charge on any atom is 0.258 e. The second-order valence-corrected chi connectivity index (χ2v) is 9.22. The number of ether oxygens (including phenoxy) is 1. The molecule has 3 aromatic rings. The van der Waals surface area contributed by atoms with Gasteiger partial charge in [0.15, 0.2) is 0 Å². The van der Waals surface area contributed by atoms with Gasteiger partial charge in [-0.1, -0.05) is 23.4 Å². The SMILES string of the molecule is CC(C)Oc1ccc(-c2nc(-c3cccc4c3CC[C@H]4N(C)CC(O)N(C)C)no2)cc1C#N. The summed E-state index contributed by atoms with van der Waals surface area (Å²) >= 11 is 0. The van der Waals surface area contributed by atoms with Gasteiger partial charge in [-0.15, -0.1) is 0 Å². The summed E-state index contributed by atoms with van der Waals surface area (Å²) in [4.78, 5) is 8.66. The Bertz CT molecular complexity index is 1200. The molecule has 0 bridgehead atoms. The molecule has 0 aliphatic heterocycles. The molecule has 1 unspecified atom stereocenters. The number of aliphatic hydroxyl groups excluding tert-OH is 1. The highest BCUT2D eigenvalue weighted by molar-refractivity contribution is 5.67. The van der Waals surface area contributed by atoms with Crippen LogP contribution < -0.4 is 4.74 Å². The Morgan fingerprint density at radius 1 is 1.24 bits per heavy atom. The third-order valence-corrected chi connectivity index (χ3v) is 6.20. The quantitative estimate of drug-likeness (QED) is 0.505. The van der Waals surface area contributed by atoms with Crippen LogP contribution >= 0.6 is 0 Å². The Morgan fingerprint density at radius 2 is 2.03 bits per heavy atom. The normalized spacial score (nSPS) is 16.2. The van der Waals surface area contributed by atoms with Gasteiger partial charge in [0, 0.05) is 23.7 Å². The fourth-order valence-electron chi connectivity index (χ4n) is 4.41. The fourth-order valence-corrected chi connectivity index (χ4v) is 4.41. The van der Waals surface area contributed by atoms with E-state index in [9.17, 15) is 10.4 Å². The van der Waals surface area contributed by atoms with Crippen LogP contribution in [0.2, 0.25) is 0 Å². The number of hydrogen-bond acceptors (Lipinski definition) is 8. The Morgan fingerprint density at radius 3 is 2.74 bits per heavy atom. The maximum absolute atomic E-state index is 10.3. The van der Waals surface area contributed by atoms with Crippen LogP contribution in [0.15, 0.2) is 40.9 Å². The summed E-state index contributed by atoms with van der Waals surface area (Å²) in [7, 11) is 5.79. The monoisotopic (exact) mass is 461 g/mol. The molecular weight excluding hydrogens is 430 g/mol. The molecule has 4 rings (SSSR count). The van der Waals surface area contributed by atoms with E-state index in [4.69, 9.17) is 9.26 Å². The second-order valence-electron chi connectivity index (χ2n) is 9.22. The number of likely N-dealkylation sites (N-methyl/N-ethyl adjacent to an activating group) is 2. The van der Waals surface area contributed by atoms with Crippen molar-refractivity contribution in [3.63, 3.8) is 0 Å². The van der Waals surface area contributed by atoms with E-state index in [0.717, 1.165) is 18.4 Å². The summed E-state index contributed by atoms with van der Waals surface area (Å²) in [6.45, 7) is 4.40. The molecule has 1 aliphatic rings. The van der Waals surface area contributed by atoms with E-state index < -0.39 is 6.23 Å². The van der Waals surface area contributed by atoms with Crippen molar-refractivity contribution in [2.75, 3.05) is 27.7 Å². The van der Waals surface area contributed by atoms with Crippen LogP contribution in [0, 0.1) is 11.3 Å². The van der Waals surface area contributed by atoms with Crippen molar-refractivity contribution in [2.24, 2.45) is 0 Å². The van der Waals surface area contributed by atoms with Crippen LogP contribution in [0.25, 0.3) is 22.8 Å². The molecule has 8 heteroatoms. The topological polar surface area (TPSA) is 98.7 Å². The predicted octanol–water partition coefficient (Wildman–Crippen LogP) is 3.86. The summed E-state index contributed by atoms with van der Waals surface area (Å²) in [5, 5.41) is 24.0. The summed E-state index contributed by atoms with van der Waals surface area (Å²) in [5.74, 6) is 1.43. The van der Waals surface area contributed by atoms with Crippen LogP contribution in [0.3, 0.4) is 0 Å². The lowest BCUT2D eigenvalue weighted by Gasteiger charge is -2.30. The number of rotatable bonds is 8. The van der Waals surface area contributed by atoms with Crippen LogP contribution in [0.1, 0.15) is 43.0 Å². The van der Waals surface area contributed by atoms with E-state index in [0.29, 0.717) is 35.1 Å². The first-order valence-electron chi connectivity index (χ1n) is 11.5. The number of nitrogens with zero attached hydrogens (tertiary/aromatic N) is 5. The molecule has 1 aliphatic carbocycles. The molecule has 0 spiro atoms. The number of benzene rings is 2. The Hall–Kier alpha value is -3.25. The molecule has 0 saturated carbocycles. The molecule has 34 heavy (non-hydrogen) atoms. The van der Waals surface area contributed by atoms with Gasteiger partial charge in [-0.25, -0.2) is 0 Å². The van der Waals surface area contributed by atoms with Crippen molar-refractivity contribution in [1.82, 2.24) is 19.9 Å². The van der Waals surface area contributed by atoms with Crippen molar-refractivity contribution in [1.29, 1.82) is 5.26 Å². The van der Waals surface area contributed by atoms with Crippen molar-refractivity contribution in [3.8, 4) is 34.7 Å². The molecule has 0 saturated heterocycles. The van der Waals surface area contributed by atoms with E-state index in [1.165, 1.54) is 11.1 Å². The van der Waals surface area contributed by atoms with E-state index >= 15 is 0 Å². The molecule has 1 aromatic heterocycles. The Labute approximate surface area is 200 Å². The highest BCUT2D eigenvalue weighted by atomic mass is 16.5. The van der Waals surface area contributed by atoms with Gasteiger partial charge in [0.25, 0.3) is 5.89 Å². The fraction of sp³-hybridized carbons (Fsp3) is 0.423. The zero-order valence-corrected chi connectivity index (χ0v) is 20.3. The average molecular weight is 462 g/mol. The molecule has 1 heterocycles. The first kappa shape index (κ1) is 23.9. The molecule has 178 valence electrons. The smallest absolute Gasteiger partial charge is 0.258 e. The van der Waals surface area contributed by atoms with Crippen molar-refractivity contribution in [2.45, 2.75) is 45.1 Å². The number of fused-ring (bicyclic) bond motifs is 1. The summed E-state index contributed by atoms with van der Waals surface area (Å²) in [5.41, 5.74) is 4.51. The molecule has 0 fully saturated rings. The van der Waals surface area contributed by atoms with E-state index in [-0.39, 0.29) is 12.1 Å². The van der Waals surface area contributed by atoms with E-state index in [2.05, 4.69) is 27.2 Å². The van der Waals surface area contributed by atoms with Gasteiger partial charge in [0.2, 0.25) is 5.82 Å². The van der Waals surface area contributed by atoms with Crippen LogP contribution in [0.4, 0.5) is 0 Å². The van der Waals surface area contributed by atoms with Gasteiger partial charge >= 0.3 is 0 Å². The highest BCUT2D eigenvalue weighted by Gasteiger charge is 2.30. The van der Waals surface area contributed by atoms with Crippen LogP contribution in [-0.2, 0) is 6.42 Å². The zero-order valence-electron chi connectivity index (χ0n) is 20.3. The van der Waals surface area contributed by atoms with E-state index in [1.54, 1.807) is 12.1 Å². The molecule has 2 aromatic carbocycles. The summed E-state index contributed by atoms with van der Waals surface area (Å²) < 4.78 is 11.3. The molecule has 0 amide bonds. The van der Waals surface area contributed by atoms with Gasteiger partial charge in [0.05, 0.1) is 11.7 Å². The minimum atomic E-state index is -0.521. The molecule has 8 nitrogen and oxygen atoms in total. The Balaban J connectivity index is 1.60. The van der Waals surface area contributed by atoms with Crippen LogP contribution in [0.5, 0.6) is 5.75 Å². The molecule has 0 radical (unpaired) electrons. The number of aliphatic hydroxyl groups is 1. The van der Waals surface area contributed by atoms with Gasteiger partial charge in [0.1, 0.15) is 18.0 Å². The Kier molecular flexibility index (Phi) is 6.98. The maximum atomic E-state index is 10.3. The first-order valence-corrected chi connectivity index (χ1v) is 11.5. The summed E-state index contributed by atoms with van der Waals surface area (Å²) in [6.07, 6.45) is 1.33. The summed E-state index contributed by atoms with van der Waals surface area (Å²) in [6, 6.07) is 13.9. The second kappa shape index (κ2) is 9.94. The van der Waals surface area contributed by atoms with Crippen LogP contribution in [-0.4, -0.2) is 65.1 Å². The lowest BCUT2D eigenvalue weighted by Crippen LogP contribution is -2.39. The lowest BCUT2D eigenvalue weighted by atomic mass is 10.0. The number of nitriles is 1. The van der Waals surface area contributed by atoms with Gasteiger partial charge < -0.3 is 14.4 Å². The largest absolute Gasteiger partial charge is 0.490 e. The predicted molar refractivity (Wildman–Crippen MR) is 129 cm³/mol. The van der Waals surface area contributed by atoms with E-state index in [1.807, 2.05) is 58.1 Å². The highest BCUT2D eigenvalue weighted by Crippen LogP contribution is 2.40. The standard InChI is InChI=1S/C26H31N5O3/c1-16(2)33-23-12-9-17(13-18(23)14-27)26-28-25(29-34-26)21-8-6-7-20-19(21)10-11-22(20)31(5)15-24(32)30(3)4/h6-9,12-13,16,22,24,32H,10-11,15H2,1-5H3/t22-,24?/m1/s1.